The number of hydrogen-bond donors (Lipinski definition) is 1. The average molecular weight is 214 g/mol. The molecule has 88 valence electrons. The molecule has 1 aliphatic rings. The van der Waals surface area contributed by atoms with E-state index in [1.54, 1.807) is 0 Å². The number of hydrogen-bond acceptors (Lipinski definition) is 3. The highest BCUT2D eigenvalue weighted by molar-refractivity contribution is 5.79. The maximum atomic E-state index is 12.1. The summed E-state index contributed by atoms with van der Waals surface area (Å²) in [6, 6.07) is 0.390. The van der Waals surface area contributed by atoms with Crippen LogP contribution < -0.4 is 5.32 Å². The van der Waals surface area contributed by atoms with Crippen LogP contribution in [0.2, 0.25) is 0 Å². The van der Waals surface area contributed by atoms with Crippen LogP contribution in [0.25, 0.3) is 0 Å². The third kappa shape index (κ3) is 2.92. The molecule has 15 heavy (non-hydrogen) atoms. The maximum Gasteiger partial charge on any atom is 0.227 e. The summed E-state index contributed by atoms with van der Waals surface area (Å²) >= 11 is 0. The molecule has 1 saturated heterocycles. The van der Waals surface area contributed by atoms with Gasteiger partial charge < -0.3 is 15.0 Å². The first kappa shape index (κ1) is 12.5. The Hall–Kier alpha value is -0.610. The zero-order chi connectivity index (χ0) is 11.4. The minimum absolute atomic E-state index is 0.0398. The van der Waals surface area contributed by atoms with Crippen molar-refractivity contribution in [3.63, 3.8) is 0 Å². The van der Waals surface area contributed by atoms with Crippen LogP contribution in [0.4, 0.5) is 0 Å². The second-order valence-corrected chi connectivity index (χ2v) is 4.44. The first-order chi connectivity index (χ1) is 7.07. The van der Waals surface area contributed by atoms with Gasteiger partial charge in [0, 0.05) is 12.5 Å². The summed E-state index contributed by atoms with van der Waals surface area (Å²) in [5.41, 5.74) is 0. The minimum atomic E-state index is 0.0398. The smallest absolute Gasteiger partial charge is 0.227 e. The SMILES string of the molecule is CNCC(C)C(=O)N1C(C)COCC1C. The Bertz CT molecular complexity index is 211. The van der Waals surface area contributed by atoms with Gasteiger partial charge in [-0.3, -0.25) is 4.79 Å². The lowest BCUT2D eigenvalue weighted by atomic mass is 10.1. The topological polar surface area (TPSA) is 41.6 Å². The fraction of sp³-hybridized carbons (Fsp3) is 0.909. The molecule has 3 unspecified atom stereocenters. The van der Waals surface area contributed by atoms with Gasteiger partial charge in [0.15, 0.2) is 0 Å². The molecular weight excluding hydrogens is 192 g/mol. The Morgan fingerprint density at radius 3 is 2.47 bits per heavy atom. The van der Waals surface area contributed by atoms with Gasteiger partial charge in [-0.2, -0.15) is 0 Å². The Labute approximate surface area is 92.0 Å². The van der Waals surface area contributed by atoms with E-state index in [4.69, 9.17) is 4.74 Å². The largest absolute Gasteiger partial charge is 0.377 e. The van der Waals surface area contributed by atoms with E-state index in [0.717, 1.165) is 6.54 Å². The van der Waals surface area contributed by atoms with Crippen LogP contribution in [0.3, 0.4) is 0 Å². The summed E-state index contributed by atoms with van der Waals surface area (Å²) in [5.74, 6) is 0.269. The zero-order valence-corrected chi connectivity index (χ0v) is 10.1. The van der Waals surface area contributed by atoms with Crippen LogP contribution in [0.15, 0.2) is 0 Å². The van der Waals surface area contributed by atoms with Crippen LogP contribution in [0.1, 0.15) is 20.8 Å². The van der Waals surface area contributed by atoms with Crippen molar-refractivity contribution in [2.24, 2.45) is 5.92 Å². The predicted octanol–water partition coefficient (Wildman–Crippen LogP) is 0.478. The van der Waals surface area contributed by atoms with Crippen molar-refractivity contribution in [1.82, 2.24) is 10.2 Å². The number of nitrogens with zero attached hydrogens (tertiary/aromatic N) is 1. The van der Waals surface area contributed by atoms with Gasteiger partial charge >= 0.3 is 0 Å². The minimum Gasteiger partial charge on any atom is -0.377 e. The molecule has 1 rings (SSSR count). The molecule has 0 radical (unpaired) electrons. The molecule has 4 heteroatoms. The number of ether oxygens (including phenoxy) is 1. The highest BCUT2D eigenvalue weighted by Gasteiger charge is 2.31. The highest BCUT2D eigenvalue weighted by Crippen LogP contribution is 2.16. The molecule has 0 aromatic carbocycles. The van der Waals surface area contributed by atoms with Crippen molar-refractivity contribution >= 4 is 5.91 Å². The van der Waals surface area contributed by atoms with Crippen molar-refractivity contribution in [2.45, 2.75) is 32.9 Å². The predicted molar refractivity (Wildman–Crippen MR) is 59.7 cm³/mol. The normalized spacial score (nSPS) is 28.9. The van der Waals surface area contributed by atoms with Gasteiger partial charge in [-0.1, -0.05) is 6.92 Å². The second-order valence-electron chi connectivity index (χ2n) is 4.44. The molecule has 0 aromatic heterocycles. The van der Waals surface area contributed by atoms with E-state index in [2.05, 4.69) is 5.32 Å². The third-order valence-electron chi connectivity index (χ3n) is 2.85. The molecule has 0 aromatic rings. The molecule has 0 bridgehead atoms. The second kappa shape index (κ2) is 5.47. The molecule has 3 atom stereocenters. The summed E-state index contributed by atoms with van der Waals surface area (Å²) in [7, 11) is 1.87. The van der Waals surface area contributed by atoms with E-state index >= 15 is 0 Å². The third-order valence-corrected chi connectivity index (χ3v) is 2.85. The lowest BCUT2D eigenvalue weighted by molar-refractivity contribution is -0.147. The number of carbonyl (C=O) groups is 1. The standard InChI is InChI=1S/C11H22N2O2/c1-8(5-12-4)11(14)13-9(2)6-15-7-10(13)3/h8-10,12H,5-7H2,1-4H3. The van der Waals surface area contributed by atoms with Gasteiger partial charge in [0.05, 0.1) is 25.3 Å². The van der Waals surface area contributed by atoms with Gasteiger partial charge in [0.2, 0.25) is 5.91 Å². The summed E-state index contributed by atoms with van der Waals surface area (Å²) in [6.07, 6.45) is 0. The molecule has 0 aliphatic carbocycles. The van der Waals surface area contributed by atoms with Crippen molar-refractivity contribution in [2.75, 3.05) is 26.8 Å². The van der Waals surface area contributed by atoms with Crippen molar-refractivity contribution in [3.05, 3.63) is 0 Å². The molecule has 1 heterocycles. The number of amides is 1. The summed E-state index contributed by atoms with van der Waals surface area (Å²) in [5, 5.41) is 3.04. The Balaban J connectivity index is 2.62. The fourth-order valence-electron chi connectivity index (χ4n) is 2.09. The van der Waals surface area contributed by atoms with Crippen molar-refractivity contribution in [3.8, 4) is 0 Å². The lowest BCUT2D eigenvalue weighted by Gasteiger charge is -2.40. The Morgan fingerprint density at radius 2 is 2.00 bits per heavy atom. The summed E-state index contributed by atoms with van der Waals surface area (Å²) < 4.78 is 5.40. The number of rotatable bonds is 3. The molecule has 1 fully saturated rings. The van der Waals surface area contributed by atoms with Gasteiger partial charge in [0.1, 0.15) is 0 Å². The number of morpholine rings is 1. The first-order valence-corrected chi connectivity index (χ1v) is 5.62. The van der Waals surface area contributed by atoms with E-state index in [1.807, 2.05) is 32.7 Å². The fourth-order valence-corrected chi connectivity index (χ4v) is 2.09. The highest BCUT2D eigenvalue weighted by atomic mass is 16.5. The van der Waals surface area contributed by atoms with E-state index < -0.39 is 0 Å². The van der Waals surface area contributed by atoms with E-state index in [0.29, 0.717) is 13.2 Å². The van der Waals surface area contributed by atoms with Crippen LogP contribution in [0, 0.1) is 5.92 Å². The van der Waals surface area contributed by atoms with Crippen molar-refractivity contribution < 1.29 is 9.53 Å². The maximum absolute atomic E-state index is 12.1. The van der Waals surface area contributed by atoms with E-state index in [-0.39, 0.29) is 23.9 Å². The average Bonchev–Trinajstić information content (AvgIpc) is 2.17. The first-order valence-electron chi connectivity index (χ1n) is 5.62. The summed E-state index contributed by atoms with van der Waals surface area (Å²) in [6.45, 7) is 8.09. The van der Waals surface area contributed by atoms with E-state index in [9.17, 15) is 4.79 Å². The van der Waals surface area contributed by atoms with Crippen LogP contribution in [-0.4, -0.2) is 49.7 Å². The van der Waals surface area contributed by atoms with Gasteiger partial charge in [-0.25, -0.2) is 0 Å². The molecule has 1 aliphatic heterocycles. The van der Waals surface area contributed by atoms with Crippen LogP contribution in [-0.2, 0) is 9.53 Å². The van der Waals surface area contributed by atoms with Gasteiger partial charge in [0.25, 0.3) is 0 Å². The summed E-state index contributed by atoms with van der Waals surface area (Å²) in [4.78, 5) is 14.1. The Morgan fingerprint density at radius 1 is 1.47 bits per heavy atom. The Kier molecular flexibility index (Phi) is 4.54. The van der Waals surface area contributed by atoms with E-state index in [1.165, 1.54) is 0 Å². The molecule has 1 N–H and O–H groups in total. The van der Waals surface area contributed by atoms with Gasteiger partial charge in [-0.05, 0) is 20.9 Å². The molecule has 0 spiro atoms. The monoisotopic (exact) mass is 214 g/mol. The van der Waals surface area contributed by atoms with Gasteiger partial charge in [-0.15, -0.1) is 0 Å². The molecule has 0 saturated carbocycles. The number of nitrogens with one attached hydrogen (secondary N) is 1. The van der Waals surface area contributed by atoms with Crippen LogP contribution in [0.5, 0.6) is 0 Å². The zero-order valence-electron chi connectivity index (χ0n) is 10.1. The van der Waals surface area contributed by atoms with Crippen molar-refractivity contribution in [1.29, 1.82) is 0 Å². The number of carbonyl (C=O) groups excluding carboxylic acids is 1. The quantitative estimate of drug-likeness (QED) is 0.743. The molecular formula is C11H22N2O2. The molecule has 4 nitrogen and oxygen atoms in total. The lowest BCUT2D eigenvalue weighted by Crippen LogP contribution is -2.54. The molecule has 1 amide bonds. The van der Waals surface area contributed by atoms with Crippen LogP contribution >= 0.6 is 0 Å².